The topological polar surface area (TPSA) is 70.1 Å². The van der Waals surface area contributed by atoms with E-state index >= 15 is 0 Å². The summed E-state index contributed by atoms with van der Waals surface area (Å²) in [6, 6.07) is 9.33. The summed E-state index contributed by atoms with van der Waals surface area (Å²) in [6.07, 6.45) is 0.495. The fraction of sp³-hybridized carbons (Fsp3) is 0.391. The minimum absolute atomic E-state index is 0.0732. The third-order valence-corrected chi connectivity index (χ3v) is 4.81. The fourth-order valence-electron chi connectivity index (χ4n) is 3.43. The molecule has 0 aromatic heterocycles. The molecule has 3 rings (SSSR count). The number of nitrogens with zero attached hydrogens (tertiary/aromatic N) is 2. The number of amides is 2. The molecule has 2 aromatic carbocycles. The molecule has 0 saturated carbocycles. The molecule has 0 radical (unpaired) electrons. The lowest BCUT2D eigenvalue weighted by Gasteiger charge is -2.28. The second-order valence-electron chi connectivity index (χ2n) is 6.89. The number of hydrogen-bond acceptors (Lipinski definition) is 4. The first kappa shape index (κ1) is 24.3. The molecule has 1 aliphatic rings. The Hall–Kier alpha value is -3.00. The van der Waals surface area contributed by atoms with Crippen LogP contribution in [0, 0.1) is 11.6 Å². The quantitative estimate of drug-likeness (QED) is 0.755. The predicted molar refractivity (Wildman–Crippen MR) is 114 cm³/mol. The Balaban J connectivity index is 0.00000166. The van der Waals surface area contributed by atoms with Gasteiger partial charge in [0.05, 0.1) is 12.6 Å². The molecular weight excluding hydrogens is 406 g/mol. The lowest BCUT2D eigenvalue weighted by atomic mass is 10.1. The second kappa shape index (κ2) is 11.4. The van der Waals surface area contributed by atoms with Gasteiger partial charge in [-0.15, -0.1) is 0 Å². The standard InChI is InChI=1S/C21H22F2N2O4.C2H6/c1-14(27)25(19-9-16(22)8-17(23)10-19)18-6-7-24(11-18)21(28)13-29-20-4-2-15(12-26)3-5-20;1-2/h2-5,8-10,18,26H,6-7,11-13H2,1H3;1-2H3. The molecule has 2 amide bonds. The van der Waals surface area contributed by atoms with Crippen molar-refractivity contribution in [2.24, 2.45) is 0 Å². The third-order valence-electron chi connectivity index (χ3n) is 4.81. The maximum atomic E-state index is 13.6. The van der Waals surface area contributed by atoms with Gasteiger partial charge in [0.2, 0.25) is 5.91 Å². The van der Waals surface area contributed by atoms with Crippen LogP contribution in [0.1, 0.15) is 32.8 Å². The number of ether oxygens (including phenoxy) is 1. The number of rotatable bonds is 6. The van der Waals surface area contributed by atoms with Crippen molar-refractivity contribution in [2.75, 3.05) is 24.6 Å². The van der Waals surface area contributed by atoms with Crippen LogP contribution in [-0.4, -0.2) is 47.6 Å². The van der Waals surface area contributed by atoms with E-state index in [9.17, 15) is 18.4 Å². The van der Waals surface area contributed by atoms with Crippen LogP contribution in [0.25, 0.3) is 0 Å². The molecule has 2 aromatic rings. The smallest absolute Gasteiger partial charge is 0.260 e. The largest absolute Gasteiger partial charge is 0.484 e. The zero-order valence-corrected chi connectivity index (χ0v) is 18.0. The van der Waals surface area contributed by atoms with E-state index in [1.54, 1.807) is 29.2 Å². The van der Waals surface area contributed by atoms with Crippen LogP contribution < -0.4 is 9.64 Å². The van der Waals surface area contributed by atoms with Crippen LogP contribution >= 0.6 is 0 Å². The molecule has 0 aliphatic carbocycles. The Kier molecular flexibility index (Phi) is 8.93. The van der Waals surface area contributed by atoms with Gasteiger partial charge < -0.3 is 19.6 Å². The summed E-state index contributed by atoms with van der Waals surface area (Å²) in [5.74, 6) is -1.62. The molecule has 0 bridgehead atoms. The number of anilines is 1. The molecule has 8 heteroatoms. The normalized spacial score (nSPS) is 15.2. The summed E-state index contributed by atoms with van der Waals surface area (Å²) in [4.78, 5) is 27.5. The van der Waals surface area contributed by atoms with Gasteiger partial charge >= 0.3 is 0 Å². The van der Waals surface area contributed by atoms with E-state index in [1.807, 2.05) is 13.8 Å². The SMILES string of the molecule is CC.CC(=O)N(c1cc(F)cc(F)c1)C1CCN(C(=O)COc2ccc(CO)cc2)C1. The maximum Gasteiger partial charge on any atom is 0.260 e. The number of carbonyl (C=O) groups excluding carboxylic acids is 2. The van der Waals surface area contributed by atoms with Crippen molar-refractivity contribution in [3.8, 4) is 5.75 Å². The van der Waals surface area contributed by atoms with Crippen LogP contribution in [0.15, 0.2) is 42.5 Å². The van der Waals surface area contributed by atoms with Gasteiger partial charge in [0, 0.05) is 31.8 Å². The summed E-state index contributed by atoms with van der Waals surface area (Å²) in [6.45, 7) is 5.75. The molecule has 1 unspecified atom stereocenters. The van der Waals surface area contributed by atoms with Crippen molar-refractivity contribution in [3.05, 3.63) is 59.7 Å². The number of carbonyl (C=O) groups is 2. The molecule has 1 saturated heterocycles. The van der Waals surface area contributed by atoms with Crippen molar-refractivity contribution in [1.82, 2.24) is 4.90 Å². The first-order chi connectivity index (χ1) is 14.9. The number of aliphatic hydroxyl groups excluding tert-OH is 1. The van der Waals surface area contributed by atoms with E-state index in [1.165, 1.54) is 11.8 Å². The van der Waals surface area contributed by atoms with Crippen molar-refractivity contribution >= 4 is 17.5 Å². The number of benzene rings is 2. The van der Waals surface area contributed by atoms with E-state index in [2.05, 4.69) is 0 Å². The van der Waals surface area contributed by atoms with Crippen LogP contribution in [0.4, 0.5) is 14.5 Å². The van der Waals surface area contributed by atoms with Gasteiger partial charge in [-0.2, -0.15) is 0 Å². The summed E-state index contributed by atoms with van der Waals surface area (Å²) in [5, 5.41) is 9.04. The molecular formula is C23H28F2N2O4. The highest BCUT2D eigenvalue weighted by Crippen LogP contribution is 2.25. The van der Waals surface area contributed by atoms with E-state index in [-0.39, 0.29) is 43.3 Å². The first-order valence-electron chi connectivity index (χ1n) is 10.2. The molecule has 0 spiro atoms. The highest BCUT2D eigenvalue weighted by molar-refractivity contribution is 5.92. The van der Waals surface area contributed by atoms with Gasteiger partial charge in [-0.1, -0.05) is 26.0 Å². The molecule has 1 aliphatic heterocycles. The highest BCUT2D eigenvalue weighted by Gasteiger charge is 2.33. The first-order valence-corrected chi connectivity index (χ1v) is 10.2. The van der Waals surface area contributed by atoms with Crippen LogP contribution in [0.2, 0.25) is 0 Å². The lowest BCUT2D eigenvalue weighted by molar-refractivity contribution is -0.132. The maximum absolute atomic E-state index is 13.6. The van der Waals surface area contributed by atoms with Gasteiger partial charge in [-0.05, 0) is 36.2 Å². The molecule has 1 atom stereocenters. The van der Waals surface area contributed by atoms with E-state index in [0.717, 1.165) is 23.8 Å². The van der Waals surface area contributed by atoms with Crippen LogP contribution in [0.3, 0.4) is 0 Å². The van der Waals surface area contributed by atoms with Gasteiger partial charge in [-0.25, -0.2) is 8.78 Å². The second-order valence-corrected chi connectivity index (χ2v) is 6.89. The zero-order valence-electron chi connectivity index (χ0n) is 18.0. The Bertz CT molecular complexity index is 869. The Morgan fingerprint density at radius 3 is 2.29 bits per heavy atom. The van der Waals surface area contributed by atoms with E-state index in [4.69, 9.17) is 9.84 Å². The van der Waals surface area contributed by atoms with Gasteiger partial charge in [-0.3, -0.25) is 9.59 Å². The van der Waals surface area contributed by atoms with Crippen LogP contribution in [-0.2, 0) is 16.2 Å². The van der Waals surface area contributed by atoms with Gasteiger partial charge in [0.15, 0.2) is 6.61 Å². The molecule has 1 N–H and O–H groups in total. The predicted octanol–water partition coefficient (Wildman–Crippen LogP) is 3.52. The average molecular weight is 434 g/mol. The summed E-state index contributed by atoms with van der Waals surface area (Å²) < 4.78 is 32.6. The minimum Gasteiger partial charge on any atom is -0.484 e. The summed E-state index contributed by atoms with van der Waals surface area (Å²) >= 11 is 0. The van der Waals surface area contributed by atoms with Crippen molar-refractivity contribution in [3.63, 3.8) is 0 Å². The molecule has 6 nitrogen and oxygen atoms in total. The zero-order chi connectivity index (χ0) is 23.0. The van der Waals surface area contributed by atoms with Gasteiger partial charge in [0.1, 0.15) is 17.4 Å². The highest BCUT2D eigenvalue weighted by atomic mass is 19.1. The van der Waals surface area contributed by atoms with Crippen LogP contribution in [0.5, 0.6) is 5.75 Å². The van der Waals surface area contributed by atoms with Gasteiger partial charge in [0.25, 0.3) is 5.91 Å². The van der Waals surface area contributed by atoms with E-state index in [0.29, 0.717) is 18.7 Å². The average Bonchev–Trinajstić information content (AvgIpc) is 3.22. The molecule has 168 valence electrons. The molecule has 1 fully saturated rings. The fourth-order valence-corrected chi connectivity index (χ4v) is 3.43. The summed E-state index contributed by atoms with van der Waals surface area (Å²) in [7, 11) is 0. The monoisotopic (exact) mass is 434 g/mol. The van der Waals surface area contributed by atoms with Crippen molar-refractivity contribution < 1.29 is 28.2 Å². The Labute approximate surface area is 181 Å². The third kappa shape index (κ3) is 6.49. The summed E-state index contributed by atoms with van der Waals surface area (Å²) in [5.41, 5.74) is 0.874. The molecule has 1 heterocycles. The van der Waals surface area contributed by atoms with Crippen molar-refractivity contribution in [2.45, 2.75) is 39.8 Å². The number of aliphatic hydroxyl groups is 1. The van der Waals surface area contributed by atoms with Crippen molar-refractivity contribution in [1.29, 1.82) is 0 Å². The van der Waals surface area contributed by atoms with E-state index < -0.39 is 11.6 Å². The number of halogens is 2. The lowest BCUT2D eigenvalue weighted by Crippen LogP contribution is -2.42. The Morgan fingerprint density at radius 2 is 1.74 bits per heavy atom. The number of hydrogen-bond donors (Lipinski definition) is 1. The number of likely N-dealkylation sites (tertiary alicyclic amines) is 1. The Morgan fingerprint density at radius 1 is 1.13 bits per heavy atom. The molecule has 31 heavy (non-hydrogen) atoms. The minimum atomic E-state index is -0.766.